The molecular weight excluding hydrogens is 381 g/mol. The van der Waals surface area contributed by atoms with E-state index in [1.807, 2.05) is 35.0 Å². The number of hydrogen-bond acceptors (Lipinski definition) is 3. The lowest BCUT2D eigenvalue weighted by Gasteiger charge is -2.06. The summed E-state index contributed by atoms with van der Waals surface area (Å²) in [6.07, 6.45) is 3.64. The molecule has 0 bridgehead atoms. The van der Waals surface area contributed by atoms with Crippen LogP contribution >= 0.6 is 0 Å². The van der Waals surface area contributed by atoms with Crippen molar-refractivity contribution in [2.45, 2.75) is 6.54 Å². The van der Waals surface area contributed by atoms with Gasteiger partial charge in [-0.05, 0) is 35.9 Å². The van der Waals surface area contributed by atoms with Crippen LogP contribution in [0.5, 0.6) is 0 Å². The number of halogens is 1. The molecule has 0 fully saturated rings. The van der Waals surface area contributed by atoms with Gasteiger partial charge >= 0.3 is 0 Å². The van der Waals surface area contributed by atoms with Gasteiger partial charge in [0.15, 0.2) is 0 Å². The summed E-state index contributed by atoms with van der Waals surface area (Å²) in [6.45, 7) is 0.362. The van der Waals surface area contributed by atoms with Gasteiger partial charge in [-0.25, -0.2) is 4.39 Å². The number of nitro benzene ring substituents is 1. The van der Waals surface area contributed by atoms with Gasteiger partial charge in [-0.15, -0.1) is 0 Å². The molecule has 4 aromatic rings. The summed E-state index contributed by atoms with van der Waals surface area (Å²) in [5.41, 5.74) is 3.26. The van der Waals surface area contributed by atoms with E-state index in [-0.39, 0.29) is 11.5 Å². The molecule has 0 aliphatic heterocycles. The van der Waals surface area contributed by atoms with E-state index in [1.54, 1.807) is 36.4 Å². The Morgan fingerprint density at radius 3 is 2.47 bits per heavy atom. The second-order valence-electron chi connectivity index (χ2n) is 6.79. The van der Waals surface area contributed by atoms with Gasteiger partial charge in [0.05, 0.1) is 23.1 Å². The van der Waals surface area contributed by atoms with Crippen molar-refractivity contribution in [3.8, 4) is 6.07 Å². The minimum Gasteiger partial charge on any atom is -0.342 e. The van der Waals surface area contributed by atoms with Crippen molar-refractivity contribution in [2.75, 3.05) is 0 Å². The average molecular weight is 397 g/mol. The maximum atomic E-state index is 14.1. The van der Waals surface area contributed by atoms with Crippen molar-refractivity contribution in [1.82, 2.24) is 4.57 Å². The highest BCUT2D eigenvalue weighted by atomic mass is 19.1. The molecule has 3 aromatic carbocycles. The number of non-ortho nitro benzene ring substituents is 1. The van der Waals surface area contributed by atoms with E-state index >= 15 is 0 Å². The Hall–Kier alpha value is -4.24. The van der Waals surface area contributed by atoms with Crippen LogP contribution in [0.3, 0.4) is 0 Å². The Kier molecular flexibility index (Phi) is 5.10. The first-order valence-corrected chi connectivity index (χ1v) is 9.25. The summed E-state index contributed by atoms with van der Waals surface area (Å²) in [5, 5.41) is 21.5. The quantitative estimate of drug-likeness (QED) is 0.243. The van der Waals surface area contributed by atoms with E-state index in [4.69, 9.17) is 0 Å². The molecule has 146 valence electrons. The van der Waals surface area contributed by atoms with Crippen molar-refractivity contribution in [1.29, 1.82) is 5.26 Å². The number of para-hydroxylation sites is 1. The van der Waals surface area contributed by atoms with Gasteiger partial charge in [0.25, 0.3) is 5.69 Å². The molecule has 0 amide bonds. The molecular formula is C24H16FN3O2. The molecule has 0 spiro atoms. The number of nitro groups is 1. The van der Waals surface area contributed by atoms with Crippen molar-refractivity contribution in [3.63, 3.8) is 0 Å². The Labute approximate surface area is 172 Å². The molecule has 0 N–H and O–H groups in total. The van der Waals surface area contributed by atoms with E-state index < -0.39 is 4.92 Å². The summed E-state index contributed by atoms with van der Waals surface area (Å²) < 4.78 is 16.1. The molecule has 6 heteroatoms. The van der Waals surface area contributed by atoms with E-state index in [9.17, 15) is 19.8 Å². The Balaban J connectivity index is 1.77. The number of nitriles is 1. The molecule has 0 unspecified atom stereocenters. The second kappa shape index (κ2) is 8.02. The predicted molar refractivity (Wildman–Crippen MR) is 114 cm³/mol. The SMILES string of the molecule is N#C/C(=C\c1cn(Cc2ccccc2F)c2ccccc12)c1ccc([N+](=O)[O-])cc1. The first kappa shape index (κ1) is 19.1. The summed E-state index contributed by atoms with van der Waals surface area (Å²) in [5.74, 6) is -0.268. The van der Waals surface area contributed by atoms with Crippen LogP contribution in [0.2, 0.25) is 0 Å². The van der Waals surface area contributed by atoms with Crippen molar-refractivity contribution >= 4 is 28.2 Å². The number of aromatic nitrogens is 1. The molecule has 0 aliphatic rings. The molecule has 1 heterocycles. The first-order chi connectivity index (χ1) is 14.6. The van der Waals surface area contributed by atoms with Gasteiger partial charge in [0.2, 0.25) is 0 Å². The predicted octanol–water partition coefficient (Wildman–Crippen LogP) is 5.80. The number of rotatable bonds is 5. The fourth-order valence-corrected chi connectivity index (χ4v) is 3.43. The lowest BCUT2D eigenvalue weighted by molar-refractivity contribution is -0.384. The van der Waals surface area contributed by atoms with Crippen LogP contribution in [0.25, 0.3) is 22.6 Å². The van der Waals surface area contributed by atoms with Crippen LogP contribution in [0.15, 0.2) is 79.0 Å². The number of hydrogen-bond donors (Lipinski definition) is 0. The molecule has 30 heavy (non-hydrogen) atoms. The van der Waals surface area contributed by atoms with E-state index in [0.29, 0.717) is 23.2 Å². The van der Waals surface area contributed by atoms with Crippen LogP contribution in [-0.2, 0) is 6.54 Å². The molecule has 0 atom stereocenters. The monoisotopic (exact) mass is 397 g/mol. The summed E-state index contributed by atoms with van der Waals surface area (Å²) >= 11 is 0. The number of allylic oxidation sites excluding steroid dienone is 1. The highest BCUT2D eigenvalue weighted by Crippen LogP contribution is 2.27. The Bertz CT molecular complexity index is 1310. The van der Waals surface area contributed by atoms with Gasteiger partial charge in [0.1, 0.15) is 5.82 Å². The normalized spacial score (nSPS) is 11.4. The first-order valence-electron chi connectivity index (χ1n) is 9.25. The fraction of sp³-hybridized carbons (Fsp3) is 0.0417. The van der Waals surface area contributed by atoms with Crippen LogP contribution < -0.4 is 0 Å². The third-order valence-corrected chi connectivity index (χ3v) is 4.93. The average Bonchev–Trinajstić information content (AvgIpc) is 3.11. The maximum absolute atomic E-state index is 14.1. The molecule has 5 nitrogen and oxygen atoms in total. The van der Waals surface area contributed by atoms with Gasteiger partial charge in [0, 0.05) is 40.4 Å². The highest BCUT2D eigenvalue weighted by molar-refractivity contribution is 5.98. The lowest BCUT2D eigenvalue weighted by Crippen LogP contribution is -2.00. The summed E-state index contributed by atoms with van der Waals surface area (Å²) in [6, 6.07) is 22.4. The van der Waals surface area contributed by atoms with Crippen LogP contribution in [0.1, 0.15) is 16.7 Å². The minimum atomic E-state index is -0.476. The van der Waals surface area contributed by atoms with Crippen LogP contribution in [0.4, 0.5) is 10.1 Å². The zero-order valence-electron chi connectivity index (χ0n) is 15.8. The number of fused-ring (bicyclic) bond motifs is 1. The van der Waals surface area contributed by atoms with E-state index in [2.05, 4.69) is 6.07 Å². The largest absolute Gasteiger partial charge is 0.342 e. The summed E-state index contributed by atoms with van der Waals surface area (Å²) in [4.78, 5) is 10.4. The Morgan fingerprint density at radius 1 is 1.07 bits per heavy atom. The molecule has 0 saturated heterocycles. The maximum Gasteiger partial charge on any atom is 0.269 e. The van der Waals surface area contributed by atoms with E-state index in [1.165, 1.54) is 18.2 Å². The van der Waals surface area contributed by atoms with E-state index in [0.717, 1.165) is 16.5 Å². The minimum absolute atomic E-state index is 0.0301. The number of benzene rings is 3. The molecule has 4 rings (SSSR count). The smallest absolute Gasteiger partial charge is 0.269 e. The summed E-state index contributed by atoms with van der Waals surface area (Å²) in [7, 11) is 0. The van der Waals surface area contributed by atoms with Crippen LogP contribution in [-0.4, -0.2) is 9.49 Å². The lowest BCUT2D eigenvalue weighted by atomic mass is 10.0. The zero-order valence-corrected chi connectivity index (χ0v) is 15.8. The second-order valence-corrected chi connectivity index (χ2v) is 6.79. The third-order valence-electron chi connectivity index (χ3n) is 4.93. The zero-order chi connectivity index (χ0) is 21.1. The van der Waals surface area contributed by atoms with Crippen molar-refractivity contribution in [2.24, 2.45) is 0 Å². The van der Waals surface area contributed by atoms with Gasteiger partial charge in [-0.1, -0.05) is 36.4 Å². The third kappa shape index (κ3) is 3.69. The van der Waals surface area contributed by atoms with Gasteiger partial charge < -0.3 is 4.57 Å². The fourth-order valence-electron chi connectivity index (χ4n) is 3.43. The molecule has 1 aromatic heterocycles. The standard InChI is InChI=1S/C24H16FN3O2/c25-23-7-3-1-5-18(23)15-27-16-20(22-6-2-4-8-24(22)27)13-19(14-26)17-9-11-21(12-10-17)28(29)30/h1-13,16H,15H2/b19-13+. The van der Waals surface area contributed by atoms with Crippen molar-refractivity contribution < 1.29 is 9.31 Å². The topological polar surface area (TPSA) is 71.9 Å². The van der Waals surface area contributed by atoms with Crippen LogP contribution in [0, 0.1) is 27.3 Å². The Morgan fingerprint density at radius 2 is 1.77 bits per heavy atom. The molecule has 0 aliphatic carbocycles. The molecule has 0 radical (unpaired) electrons. The van der Waals surface area contributed by atoms with Gasteiger partial charge in [-0.2, -0.15) is 5.26 Å². The number of nitrogens with zero attached hydrogens (tertiary/aromatic N) is 3. The molecule has 0 saturated carbocycles. The van der Waals surface area contributed by atoms with Crippen molar-refractivity contribution in [3.05, 3.63) is 112 Å². The van der Waals surface area contributed by atoms with Gasteiger partial charge in [-0.3, -0.25) is 10.1 Å². The highest BCUT2D eigenvalue weighted by Gasteiger charge is 2.11.